The van der Waals surface area contributed by atoms with Gasteiger partial charge in [0.25, 0.3) is 0 Å². The van der Waals surface area contributed by atoms with Crippen molar-refractivity contribution in [3.63, 3.8) is 0 Å². The van der Waals surface area contributed by atoms with E-state index in [1.165, 1.54) is 0 Å². The zero-order valence-corrected chi connectivity index (χ0v) is 18.4. The first-order valence-corrected chi connectivity index (χ1v) is 8.47. The lowest BCUT2D eigenvalue weighted by Crippen LogP contribution is -2.33. The van der Waals surface area contributed by atoms with Crippen LogP contribution in [0.5, 0.6) is 11.5 Å². The van der Waals surface area contributed by atoms with Crippen LogP contribution in [0.4, 0.5) is 0 Å². The number of ether oxygens (including phenoxy) is 3. The third-order valence-corrected chi connectivity index (χ3v) is 3.90. The van der Waals surface area contributed by atoms with E-state index in [1.54, 1.807) is 21.3 Å². The lowest BCUT2D eigenvalue weighted by Gasteiger charge is -2.10. The molecule has 0 amide bonds. The van der Waals surface area contributed by atoms with Gasteiger partial charge >= 0.3 is 0 Å². The Balaban J connectivity index is 0.00000364. The molecule has 3 N–H and O–H groups in total. The molecule has 0 aliphatic carbocycles. The highest BCUT2D eigenvalue weighted by Gasteiger charge is 2.04. The number of halogens is 1. The molecule has 6 nitrogen and oxygen atoms in total. The van der Waals surface area contributed by atoms with Gasteiger partial charge in [0.05, 0.1) is 27.4 Å². The Morgan fingerprint density at radius 2 is 1.70 bits per heavy atom. The number of nitrogens with two attached hydrogens (primary N) is 1. The average Bonchev–Trinajstić information content (AvgIpc) is 2.67. The van der Waals surface area contributed by atoms with E-state index in [-0.39, 0.29) is 24.0 Å². The number of hydrogen-bond acceptors (Lipinski definition) is 4. The van der Waals surface area contributed by atoms with E-state index in [0.29, 0.717) is 25.7 Å². The molecule has 0 radical (unpaired) electrons. The lowest BCUT2D eigenvalue weighted by molar-refractivity contribution is 0.185. The van der Waals surface area contributed by atoms with Crippen LogP contribution >= 0.6 is 24.0 Å². The summed E-state index contributed by atoms with van der Waals surface area (Å²) in [5.41, 5.74) is 9.31. The van der Waals surface area contributed by atoms with Gasteiger partial charge < -0.3 is 25.3 Å². The SMILES string of the molecule is COCc1cccc(CN=C(N)NCCc2ccc(OC)c(OC)c2)c1.I. The Morgan fingerprint density at radius 1 is 0.963 bits per heavy atom. The summed E-state index contributed by atoms with van der Waals surface area (Å²) in [7, 11) is 4.94. The summed E-state index contributed by atoms with van der Waals surface area (Å²) in [6.07, 6.45) is 0.805. The zero-order valence-electron chi connectivity index (χ0n) is 16.0. The van der Waals surface area contributed by atoms with Crippen LogP contribution in [0.1, 0.15) is 16.7 Å². The quantitative estimate of drug-likeness (QED) is 0.324. The number of nitrogens with one attached hydrogen (secondary N) is 1. The molecule has 2 rings (SSSR count). The number of methoxy groups -OCH3 is 3. The van der Waals surface area contributed by atoms with Gasteiger partial charge in [-0.1, -0.05) is 30.3 Å². The molecule has 27 heavy (non-hydrogen) atoms. The van der Waals surface area contributed by atoms with Gasteiger partial charge in [0.2, 0.25) is 0 Å². The van der Waals surface area contributed by atoms with E-state index in [9.17, 15) is 0 Å². The molecule has 0 bridgehead atoms. The molecule has 0 aliphatic heterocycles. The molecular weight excluding hydrogens is 457 g/mol. The highest BCUT2D eigenvalue weighted by Crippen LogP contribution is 2.27. The molecular formula is C20H28IN3O3. The van der Waals surface area contributed by atoms with Crippen molar-refractivity contribution in [3.05, 3.63) is 59.2 Å². The fraction of sp³-hybridized carbons (Fsp3) is 0.350. The second-order valence-corrected chi connectivity index (χ2v) is 5.82. The van der Waals surface area contributed by atoms with E-state index >= 15 is 0 Å². The summed E-state index contributed by atoms with van der Waals surface area (Å²) < 4.78 is 15.7. The van der Waals surface area contributed by atoms with Gasteiger partial charge in [0, 0.05) is 13.7 Å². The summed E-state index contributed by atoms with van der Waals surface area (Å²) in [5, 5.41) is 3.14. The molecule has 2 aromatic rings. The van der Waals surface area contributed by atoms with E-state index in [4.69, 9.17) is 19.9 Å². The molecule has 0 fully saturated rings. The Morgan fingerprint density at radius 3 is 2.41 bits per heavy atom. The monoisotopic (exact) mass is 485 g/mol. The van der Waals surface area contributed by atoms with Crippen molar-refractivity contribution in [2.75, 3.05) is 27.9 Å². The van der Waals surface area contributed by atoms with Gasteiger partial charge in [-0.15, -0.1) is 24.0 Å². The topological polar surface area (TPSA) is 78.1 Å². The van der Waals surface area contributed by atoms with Gasteiger partial charge in [0.15, 0.2) is 17.5 Å². The van der Waals surface area contributed by atoms with Crippen molar-refractivity contribution in [3.8, 4) is 11.5 Å². The van der Waals surface area contributed by atoms with Gasteiger partial charge in [-0.05, 0) is 35.2 Å². The zero-order chi connectivity index (χ0) is 18.8. The summed E-state index contributed by atoms with van der Waals surface area (Å²) in [5.74, 6) is 1.88. The fourth-order valence-electron chi connectivity index (χ4n) is 2.59. The van der Waals surface area contributed by atoms with Gasteiger partial charge in [-0.3, -0.25) is 0 Å². The number of aliphatic imine (C=N–C) groups is 1. The normalized spacial score (nSPS) is 10.9. The number of benzene rings is 2. The van der Waals surface area contributed by atoms with Crippen LogP contribution in [0.3, 0.4) is 0 Å². The molecule has 0 aliphatic rings. The van der Waals surface area contributed by atoms with Crippen molar-refractivity contribution < 1.29 is 14.2 Å². The fourth-order valence-corrected chi connectivity index (χ4v) is 2.59. The van der Waals surface area contributed by atoms with Crippen LogP contribution in [0.15, 0.2) is 47.5 Å². The predicted molar refractivity (Wildman–Crippen MR) is 119 cm³/mol. The minimum atomic E-state index is 0. The Hall–Kier alpha value is -2.00. The van der Waals surface area contributed by atoms with Crippen LogP contribution in [0.25, 0.3) is 0 Å². The Bertz CT molecular complexity index is 738. The summed E-state index contributed by atoms with van der Waals surface area (Å²) in [6, 6.07) is 14.0. The molecule has 148 valence electrons. The molecule has 0 aromatic heterocycles. The largest absolute Gasteiger partial charge is 0.493 e. The van der Waals surface area contributed by atoms with Crippen LogP contribution < -0.4 is 20.5 Å². The highest BCUT2D eigenvalue weighted by atomic mass is 127. The van der Waals surface area contributed by atoms with Gasteiger partial charge in [-0.2, -0.15) is 0 Å². The molecule has 0 atom stereocenters. The van der Waals surface area contributed by atoms with Crippen LogP contribution in [-0.2, 0) is 24.3 Å². The second kappa shape index (κ2) is 12.4. The molecule has 0 saturated carbocycles. The van der Waals surface area contributed by atoms with Crippen LogP contribution in [0.2, 0.25) is 0 Å². The van der Waals surface area contributed by atoms with E-state index < -0.39 is 0 Å². The minimum absolute atomic E-state index is 0. The van der Waals surface area contributed by atoms with Crippen molar-refractivity contribution in [1.82, 2.24) is 5.32 Å². The van der Waals surface area contributed by atoms with E-state index in [1.807, 2.05) is 36.4 Å². The maximum absolute atomic E-state index is 5.95. The first-order valence-electron chi connectivity index (χ1n) is 8.47. The number of hydrogen-bond donors (Lipinski definition) is 2. The Kier molecular flexibility index (Phi) is 10.6. The third kappa shape index (κ3) is 7.64. The molecule has 0 spiro atoms. The summed E-state index contributed by atoms with van der Waals surface area (Å²) >= 11 is 0. The molecule has 0 heterocycles. The van der Waals surface area contributed by atoms with E-state index in [2.05, 4.69) is 16.4 Å². The molecule has 0 saturated heterocycles. The maximum Gasteiger partial charge on any atom is 0.188 e. The standard InChI is InChI=1S/C20H27N3O3.HI/c1-24-14-17-6-4-5-16(11-17)13-23-20(21)22-10-9-15-7-8-18(25-2)19(12-15)26-3;/h4-8,11-12H,9-10,13-14H2,1-3H3,(H3,21,22,23);1H. The molecule has 2 aromatic carbocycles. The maximum atomic E-state index is 5.95. The van der Waals surface area contributed by atoms with Crippen molar-refractivity contribution in [2.24, 2.45) is 10.7 Å². The first-order chi connectivity index (χ1) is 12.7. The Labute approximate surface area is 178 Å². The second-order valence-electron chi connectivity index (χ2n) is 5.82. The van der Waals surface area contributed by atoms with Crippen LogP contribution in [0, 0.1) is 0 Å². The lowest BCUT2D eigenvalue weighted by atomic mass is 10.1. The van der Waals surface area contributed by atoms with Gasteiger partial charge in [0.1, 0.15) is 0 Å². The predicted octanol–water partition coefficient (Wildman–Crippen LogP) is 3.12. The van der Waals surface area contributed by atoms with Crippen molar-refractivity contribution in [2.45, 2.75) is 19.6 Å². The van der Waals surface area contributed by atoms with Crippen molar-refractivity contribution >= 4 is 29.9 Å². The van der Waals surface area contributed by atoms with Crippen molar-refractivity contribution in [1.29, 1.82) is 0 Å². The third-order valence-electron chi connectivity index (χ3n) is 3.90. The summed E-state index contributed by atoms with van der Waals surface area (Å²) in [6.45, 7) is 1.82. The molecule has 7 heteroatoms. The highest BCUT2D eigenvalue weighted by molar-refractivity contribution is 14.0. The minimum Gasteiger partial charge on any atom is -0.493 e. The van der Waals surface area contributed by atoms with Crippen LogP contribution in [-0.4, -0.2) is 33.8 Å². The van der Waals surface area contributed by atoms with E-state index in [0.717, 1.165) is 34.6 Å². The number of nitrogens with zero attached hydrogens (tertiary/aromatic N) is 1. The molecule has 0 unspecified atom stereocenters. The first kappa shape index (κ1) is 23.0. The number of guanidine groups is 1. The smallest absolute Gasteiger partial charge is 0.188 e. The number of rotatable bonds is 9. The summed E-state index contributed by atoms with van der Waals surface area (Å²) in [4.78, 5) is 4.39. The average molecular weight is 485 g/mol. The van der Waals surface area contributed by atoms with Gasteiger partial charge in [-0.25, -0.2) is 4.99 Å².